The topological polar surface area (TPSA) is 56.0 Å². The van der Waals surface area contributed by atoms with Crippen molar-refractivity contribution in [1.29, 1.82) is 0 Å². The van der Waals surface area contributed by atoms with Gasteiger partial charge in [0, 0.05) is 12.6 Å². The first-order chi connectivity index (χ1) is 15.0. The van der Waals surface area contributed by atoms with Crippen molar-refractivity contribution in [3.8, 4) is 0 Å². The van der Waals surface area contributed by atoms with Crippen LogP contribution in [0.5, 0.6) is 0 Å². The van der Waals surface area contributed by atoms with Gasteiger partial charge in [0.2, 0.25) is 0 Å². The molecule has 186 valence electrons. The Hall–Kier alpha value is -2.51. The van der Waals surface area contributed by atoms with Crippen LogP contribution in [-0.2, 0) is 4.74 Å². The van der Waals surface area contributed by atoms with Crippen molar-refractivity contribution in [3.05, 3.63) is 52.5 Å². The number of aliphatic imine (C=N–C) groups is 1. The predicted molar refractivity (Wildman–Crippen MR) is 128 cm³/mol. The SMILES string of the molecule is C=C(C)/C(C(=C)CC[C@@H](C)N(CC(C)C)C(=O)OC(C)(C)C)=C1/C(C(F)(F)F)=CN=C1[N-]C. The Bertz CT molecular complexity index is 859. The molecule has 0 spiro atoms. The van der Waals surface area contributed by atoms with Gasteiger partial charge >= 0.3 is 12.3 Å². The molecule has 1 amide bonds. The number of hydrogen-bond donors (Lipinski definition) is 0. The van der Waals surface area contributed by atoms with Gasteiger partial charge in [0.15, 0.2) is 0 Å². The average Bonchev–Trinajstić information content (AvgIpc) is 3.06. The minimum absolute atomic E-state index is 0.00436. The minimum Gasteiger partial charge on any atom is -0.468 e. The number of carbonyl (C=O) groups is 1. The lowest BCUT2D eigenvalue weighted by Gasteiger charge is -2.33. The Morgan fingerprint density at radius 1 is 1.21 bits per heavy atom. The molecule has 0 bridgehead atoms. The van der Waals surface area contributed by atoms with Crippen LogP contribution < -0.4 is 0 Å². The van der Waals surface area contributed by atoms with Crippen LogP contribution in [0.4, 0.5) is 18.0 Å². The van der Waals surface area contributed by atoms with Gasteiger partial charge < -0.3 is 19.9 Å². The van der Waals surface area contributed by atoms with Gasteiger partial charge in [0.25, 0.3) is 0 Å². The highest BCUT2D eigenvalue weighted by atomic mass is 19.4. The van der Waals surface area contributed by atoms with Gasteiger partial charge in [-0.05, 0) is 70.1 Å². The number of amides is 1. The van der Waals surface area contributed by atoms with Gasteiger partial charge in [0.1, 0.15) is 5.60 Å². The van der Waals surface area contributed by atoms with Crippen molar-refractivity contribution in [3.63, 3.8) is 0 Å². The molecular formula is C25H37F3N3O2-. The Morgan fingerprint density at radius 2 is 1.79 bits per heavy atom. The van der Waals surface area contributed by atoms with Crippen molar-refractivity contribution in [2.75, 3.05) is 13.6 Å². The number of carbonyl (C=O) groups excluding carboxylic acids is 1. The summed E-state index contributed by atoms with van der Waals surface area (Å²) in [6, 6.07) is -0.208. The number of rotatable bonds is 8. The maximum atomic E-state index is 13.6. The van der Waals surface area contributed by atoms with E-state index in [-0.39, 0.29) is 23.4 Å². The zero-order chi connectivity index (χ0) is 25.7. The van der Waals surface area contributed by atoms with E-state index in [0.717, 1.165) is 6.20 Å². The molecule has 1 rings (SSSR count). The highest BCUT2D eigenvalue weighted by Crippen LogP contribution is 2.41. The first kappa shape index (κ1) is 28.5. The van der Waals surface area contributed by atoms with E-state index in [4.69, 9.17) is 4.74 Å². The standard InChI is InChI=1S/C25H37F3N3O2/c1-15(2)14-31(23(32)33-24(7,8)9)18(6)12-11-17(5)20(16(3)4)21-19(25(26,27)28)13-30-22(21)29-10/h13,15,18H,3,5,11-12,14H2,1-2,4,6-10H3/q-1/b21-20+/t18-/m1/s1. The van der Waals surface area contributed by atoms with Crippen LogP contribution in [0.2, 0.25) is 0 Å². The molecule has 0 aliphatic carbocycles. The third kappa shape index (κ3) is 8.09. The molecule has 0 fully saturated rings. The van der Waals surface area contributed by atoms with Crippen LogP contribution in [0.15, 0.2) is 52.2 Å². The fourth-order valence-corrected chi connectivity index (χ4v) is 3.51. The fraction of sp³-hybridized carbons (Fsp3) is 0.600. The lowest BCUT2D eigenvalue weighted by atomic mass is 9.88. The summed E-state index contributed by atoms with van der Waals surface area (Å²) in [5.41, 5.74) is -0.337. The Balaban J connectivity index is 3.18. The average molecular weight is 469 g/mol. The number of nitrogens with zero attached hydrogens (tertiary/aromatic N) is 3. The van der Waals surface area contributed by atoms with E-state index in [2.05, 4.69) is 23.5 Å². The molecule has 0 N–H and O–H groups in total. The molecule has 8 heteroatoms. The molecule has 0 saturated carbocycles. The lowest BCUT2D eigenvalue weighted by molar-refractivity contribution is -0.0887. The van der Waals surface area contributed by atoms with Crippen LogP contribution in [-0.4, -0.2) is 48.2 Å². The number of ether oxygens (including phenoxy) is 1. The van der Waals surface area contributed by atoms with Crippen LogP contribution in [0.1, 0.15) is 61.3 Å². The number of alkyl halides is 3. The molecule has 5 nitrogen and oxygen atoms in total. The number of likely N-dealkylation sites (N-methyl/N-ethyl adjacent to an activating group) is 1. The summed E-state index contributed by atoms with van der Waals surface area (Å²) in [6.07, 6.45) is -3.33. The van der Waals surface area contributed by atoms with Gasteiger partial charge in [0.05, 0.1) is 5.57 Å². The maximum Gasteiger partial charge on any atom is 0.416 e. The molecule has 0 unspecified atom stereocenters. The third-order valence-electron chi connectivity index (χ3n) is 4.94. The smallest absolute Gasteiger partial charge is 0.416 e. The molecular weight excluding hydrogens is 431 g/mol. The van der Waals surface area contributed by atoms with E-state index < -0.39 is 23.4 Å². The van der Waals surface area contributed by atoms with E-state index in [1.54, 1.807) is 11.8 Å². The number of hydrogen-bond acceptors (Lipinski definition) is 3. The Morgan fingerprint density at radius 3 is 2.21 bits per heavy atom. The van der Waals surface area contributed by atoms with E-state index in [0.29, 0.717) is 36.1 Å². The van der Waals surface area contributed by atoms with E-state index in [9.17, 15) is 18.0 Å². The van der Waals surface area contributed by atoms with Crippen LogP contribution in [0, 0.1) is 5.92 Å². The summed E-state index contributed by atoms with van der Waals surface area (Å²) in [7, 11) is 1.40. The van der Waals surface area contributed by atoms with Gasteiger partial charge in [-0.15, -0.1) is 0 Å². The minimum atomic E-state index is -4.58. The molecule has 0 saturated heterocycles. The first-order valence-corrected chi connectivity index (χ1v) is 11.0. The zero-order valence-corrected chi connectivity index (χ0v) is 21.1. The number of amidine groups is 1. The van der Waals surface area contributed by atoms with Crippen LogP contribution in [0.25, 0.3) is 5.32 Å². The van der Waals surface area contributed by atoms with Crippen molar-refractivity contribution < 1.29 is 22.7 Å². The molecule has 0 radical (unpaired) electrons. The summed E-state index contributed by atoms with van der Waals surface area (Å²) in [5, 5.41) is 3.92. The summed E-state index contributed by atoms with van der Waals surface area (Å²) in [5.74, 6) is 0.226. The van der Waals surface area contributed by atoms with Crippen molar-refractivity contribution >= 4 is 11.9 Å². The summed E-state index contributed by atoms with van der Waals surface area (Å²) >= 11 is 0. The Labute approximate surface area is 196 Å². The van der Waals surface area contributed by atoms with Crippen LogP contribution >= 0.6 is 0 Å². The summed E-state index contributed by atoms with van der Waals surface area (Å²) < 4.78 is 46.5. The largest absolute Gasteiger partial charge is 0.468 e. The molecule has 0 aromatic rings. The molecule has 1 atom stereocenters. The summed E-state index contributed by atoms with van der Waals surface area (Å²) in [6.45, 7) is 21.4. The zero-order valence-electron chi connectivity index (χ0n) is 21.1. The van der Waals surface area contributed by atoms with Crippen molar-refractivity contribution in [2.45, 2.75) is 79.1 Å². The quantitative estimate of drug-likeness (QED) is 0.374. The monoisotopic (exact) mass is 468 g/mol. The second-order valence-corrected chi connectivity index (χ2v) is 9.76. The lowest BCUT2D eigenvalue weighted by Crippen LogP contribution is -2.44. The molecule has 0 aromatic carbocycles. The summed E-state index contributed by atoms with van der Waals surface area (Å²) in [4.78, 5) is 18.3. The van der Waals surface area contributed by atoms with Gasteiger partial charge in [-0.3, -0.25) is 0 Å². The predicted octanol–water partition coefficient (Wildman–Crippen LogP) is 7.34. The first-order valence-electron chi connectivity index (χ1n) is 11.0. The van der Waals surface area contributed by atoms with Gasteiger partial charge in [-0.2, -0.15) is 13.2 Å². The fourth-order valence-electron chi connectivity index (χ4n) is 3.51. The molecule has 0 aromatic heterocycles. The number of allylic oxidation sites excluding steroid dienone is 3. The van der Waals surface area contributed by atoms with Gasteiger partial charge in [-0.25, -0.2) is 4.79 Å². The normalized spacial score (nSPS) is 16.7. The molecule has 33 heavy (non-hydrogen) atoms. The maximum absolute atomic E-state index is 13.6. The molecule has 1 aliphatic heterocycles. The van der Waals surface area contributed by atoms with E-state index in [1.807, 2.05) is 41.5 Å². The Kier molecular flexibility index (Phi) is 9.57. The van der Waals surface area contributed by atoms with E-state index >= 15 is 0 Å². The number of halogens is 3. The van der Waals surface area contributed by atoms with Crippen LogP contribution in [0.3, 0.4) is 0 Å². The highest BCUT2D eigenvalue weighted by molar-refractivity contribution is 6.14. The van der Waals surface area contributed by atoms with Crippen molar-refractivity contribution in [2.24, 2.45) is 10.9 Å². The second kappa shape index (κ2) is 11.1. The highest BCUT2D eigenvalue weighted by Gasteiger charge is 2.38. The third-order valence-corrected chi connectivity index (χ3v) is 4.94. The van der Waals surface area contributed by atoms with E-state index in [1.165, 1.54) is 7.05 Å². The molecule has 1 aliphatic rings. The second-order valence-electron chi connectivity index (χ2n) is 9.76. The van der Waals surface area contributed by atoms with Gasteiger partial charge in [-0.1, -0.05) is 51.7 Å². The molecule has 1 heterocycles. The van der Waals surface area contributed by atoms with Crippen molar-refractivity contribution in [1.82, 2.24) is 4.90 Å².